The van der Waals surface area contributed by atoms with Gasteiger partial charge in [0.05, 0.1) is 31.0 Å². The first-order valence-corrected chi connectivity index (χ1v) is 13.2. The zero-order valence-corrected chi connectivity index (χ0v) is 23.2. The molecule has 1 N–H and O–H groups in total. The van der Waals surface area contributed by atoms with Crippen molar-refractivity contribution in [3.05, 3.63) is 75.9 Å². The summed E-state index contributed by atoms with van der Waals surface area (Å²) in [4.78, 5) is 36.9. The Morgan fingerprint density at radius 2 is 1.90 bits per heavy atom. The molecule has 5 rings (SSSR count). The number of aromatic nitrogens is 7. The number of hydrogen-bond donors (Lipinski definition) is 1. The number of hydrogen-bond acceptors (Lipinski definition) is 8. The van der Waals surface area contributed by atoms with Crippen LogP contribution in [0.2, 0.25) is 5.02 Å². The smallest absolute Gasteiger partial charge is 0.382 e. The summed E-state index contributed by atoms with van der Waals surface area (Å²) < 4.78 is 47.9. The van der Waals surface area contributed by atoms with E-state index in [-0.39, 0.29) is 29.8 Å². The third-order valence-electron chi connectivity index (χ3n) is 6.72. The SMILES string of the molecule is CC1(C)COCCN1C(=O)c1ncccc1-n1cnc(Cn2nc(-c3ccc(Cl)cc3)n(C[C@H](O)C(F)(F)F)c2=O)n1. The summed E-state index contributed by atoms with van der Waals surface area (Å²) in [5.41, 5.74) is -0.675. The van der Waals surface area contributed by atoms with Crippen molar-refractivity contribution in [1.29, 1.82) is 0 Å². The molecular formula is C26H26ClF3N8O4. The van der Waals surface area contributed by atoms with Crippen LogP contribution in [0.5, 0.6) is 0 Å². The van der Waals surface area contributed by atoms with E-state index in [0.717, 1.165) is 9.25 Å². The standard InChI is InChI=1S/C26H26ClF3N8O4/c1-25(2)14-42-11-10-36(25)23(40)21-18(4-3-9-31-21)38-15-32-20(33-38)13-37-24(41)35(12-19(39)26(28,29)30)22(34-37)16-5-7-17(27)8-6-16/h3-9,15,19,39H,10-14H2,1-2H3/t19-/m0/s1. The number of carbonyl (C=O) groups is 1. The van der Waals surface area contributed by atoms with Gasteiger partial charge in [0.2, 0.25) is 0 Å². The minimum atomic E-state index is -4.95. The second kappa shape index (κ2) is 11.3. The number of nitrogens with zero attached hydrogens (tertiary/aromatic N) is 8. The lowest BCUT2D eigenvalue weighted by Gasteiger charge is -2.42. The number of rotatable bonds is 7. The Morgan fingerprint density at radius 3 is 2.60 bits per heavy atom. The van der Waals surface area contributed by atoms with E-state index in [4.69, 9.17) is 16.3 Å². The van der Waals surface area contributed by atoms with Crippen LogP contribution < -0.4 is 5.69 Å². The molecule has 222 valence electrons. The van der Waals surface area contributed by atoms with Crippen LogP contribution in [-0.2, 0) is 17.8 Å². The van der Waals surface area contributed by atoms with Crippen molar-refractivity contribution in [3.63, 3.8) is 0 Å². The summed E-state index contributed by atoms with van der Waals surface area (Å²) in [7, 11) is 0. The quantitative estimate of drug-likeness (QED) is 0.339. The van der Waals surface area contributed by atoms with Gasteiger partial charge >= 0.3 is 11.9 Å². The number of carbonyl (C=O) groups excluding carboxylic acids is 1. The Morgan fingerprint density at radius 1 is 1.17 bits per heavy atom. The molecule has 0 aliphatic carbocycles. The van der Waals surface area contributed by atoms with Crippen LogP contribution in [0.15, 0.2) is 53.7 Å². The first kappa shape index (κ1) is 29.4. The van der Waals surface area contributed by atoms with Gasteiger partial charge in [-0.3, -0.25) is 9.36 Å². The fourth-order valence-corrected chi connectivity index (χ4v) is 4.65. The number of pyridine rings is 1. The van der Waals surface area contributed by atoms with Crippen LogP contribution in [0.1, 0.15) is 30.2 Å². The maximum Gasteiger partial charge on any atom is 0.416 e. The van der Waals surface area contributed by atoms with E-state index in [9.17, 15) is 27.9 Å². The molecule has 0 saturated carbocycles. The fourth-order valence-electron chi connectivity index (χ4n) is 4.53. The molecule has 1 fully saturated rings. The van der Waals surface area contributed by atoms with Crippen molar-refractivity contribution in [2.75, 3.05) is 19.8 Å². The lowest BCUT2D eigenvalue weighted by atomic mass is 10.0. The highest BCUT2D eigenvalue weighted by Gasteiger charge is 2.39. The maximum atomic E-state index is 13.5. The second-order valence-corrected chi connectivity index (χ2v) is 10.7. The zero-order valence-electron chi connectivity index (χ0n) is 22.5. The molecule has 16 heteroatoms. The van der Waals surface area contributed by atoms with Crippen LogP contribution in [0.25, 0.3) is 17.1 Å². The fraction of sp³-hybridized carbons (Fsp3) is 0.385. The molecule has 4 aromatic rings. The molecule has 4 heterocycles. The molecule has 0 unspecified atom stereocenters. The van der Waals surface area contributed by atoms with E-state index in [0.29, 0.717) is 36.0 Å². The van der Waals surface area contributed by atoms with Crippen LogP contribution in [0, 0.1) is 0 Å². The van der Waals surface area contributed by atoms with Gasteiger partial charge in [0.1, 0.15) is 12.9 Å². The average molecular weight is 607 g/mol. The Kier molecular flexibility index (Phi) is 7.92. The predicted molar refractivity (Wildman–Crippen MR) is 143 cm³/mol. The van der Waals surface area contributed by atoms with Gasteiger partial charge in [0, 0.05) is 23.3 Å². The van der Waals surface area contributed by atoms with Crippen molar-refractivity contribution in [2.24, 2.45) is 0 Å². The van der Waals surface area contributed by atoms with E-state index < -0.39 is 30.1 Å². The lowest BCUT2D eigenvalue weighted by molar-refractivity contribution is -0.207. The molecule has 1 amide bonds. The van der Waals surface area contributed by atoms with Crippen molar-refractivity contribution in [3.8, 4) is 17.1 Å². The van der Waals surface area contributed by atoms with Gasteiger partial charge < -0.3 is 14.7 Å². The Labute approximate surface area is 241 Å². The molecule has 0 radical (unpaired) electrons. The van der Waals surface area contributed by atoms with Crippen molar-refractivity contribution in [2.45, 2.75) is 44.8 Å². The Bertz CT molecular complexity index is 1650. The summed E-state index contributed by atoms with van der Waals surface area (Å²) in [6, 6.07) is 9.26. The number of benzene rings is 1. The molecule has 0 spiro atoms. The second-order valence-electron chi connectivity index (χ2n) is 10.2. The molecule has 0 bridgehead atoms. The van der Waals surface area contributed by atoms with Crippen LogP contribution in [-0.4, -0.2) is 87.6 Å². The molecule has 42 heavy (non-hydrogen) atoms. The van der Waals surface area contributed by atoms with Gasteiger partial charge in [-0.25, -0.2) is 24.1 Å². The number of aliphatic hydroxyl groups is 1. The number of aliphatic hydroxyl groups excluding tert-OH is 1. The Hall–Kier alpha value is -4.08. The molecule has 1 saturated heterocycles. The molecule has 3 aromatic heterocycles. The van der Waals surface area contributed by atoms with Gasteiger partial charge in [-0.15, -0.1) is 10.2 Å². The average Bonchev–Trinajstić information content (AvgIpc) is 3.53. The van der Waals surface area contributed by atoms with Crippen molar-refractivity contribution >= 4 is 17.5 Å². The third-order valence-corrected chi connectivity index (χ3v) is 6.97. The highest BCUT2D eigenvalue weighted by molar-refractivity contribution is 6.30. The number of morpholine rings is 1. The predicted octanol–water partition coefficient (Wildman–Crippen LogP) is 2.56. The van der Waals surface area contributed by atoms with Gasteiger partial charge in [-0.05, 0) is 50.2 Å². The van der Waals surface area contributed by atoms with E-state index in [1.54, 1.807) is 17.0 Å². The molecular weight excluding hydrogens is 581 g/mol. The minimum Gasteiger partial charge on any atom is -0.382 e. The number of halogens is 4. The zero-order chi connectivity index (χ0) is 30.2. The number of ether oxygens (including phenoxy) is 1. The van der Waals surface area contributed by atoms with Crippen molar-refractivity contribution in [1.82, 2.24) is 39.0 Å². The topological polar surface area (TPSA) is 133 Å². The first-order chi connectivity index (χ1) is 19.8. The highest BCUT2D eigenvalue weighted by atomic mass is 35.5. The van der Waals surface area contributed by atoms with Crippen molar-refractivity contribution < 1.29 is 27.8 Å². The first-order valence-electron chi connectivity index (χ1n) is 12.8. The monoisotopic (exact) mass is 606 g/mol. The van der Waals surface area contributed by atoms with Crippen LogP contribution in [0.3, 0.4) is 0 Å². The summed E-state index contributed by atoms with van der Waals surface area (Å²) in [6.45, 7) is 3.56. The number of alkyl halides is 3. The molecule has 1 atom stereocenters. The molecule has 1 aromatic carbocycles. The van der Waals surface area contributed by atoms with Gasteiger partial charge in [-0.2, -0.15) is 13.2 Å². The molecule has 1 aliphatic heterocycles. The molecule has 1 aliphatic rings. The Balaban J connectivity index is 1.46. The summed E-state index contributed by atoms with van der Waals surface area (Å²) in [6.07, 6.45) is -4.92. The van der Waals surface area contributed by atoms with Crippen LogP contribution in [0.4, 0.5) is 13.2 Å². The normalized spacial score (nSPS) is 16.0. The number of amides is 1. The van der Waals surface area contributed by atoms with Crippen LogP contribution >= 0.6 is 11.6 Å². The summed E-state index contributed by atoms with van der Waals surface area (Å²) in [5, 5.41) is 18.7. The van der Waals surface area contributed by atoms with E-state index >= 15 is 0 Å². The maximum absolute atomic E-state index is 13.5. The summed E-state index contributed by atoms with van der Waals surface area (Å²) >= 11 is 5.93. The van der Waals surface area contributed by atoms with Gasteiger partial charge in [0.15, 0.2) is 23.4 Å². The third kappa shape index (κ3) is 5.93. The van der Waals surface area contributed by atoms with E-state index in [1.807, 2.05) is 13.8 Å². The highest BCUT2D eigenvalue weighted by Crippen LogP contribution is 2.25. The largest absolute Gasteiger partial charge is 0.416 e. The molecule has 12 nitrogen and oxygen atoms in total. The minimum absolute atomic E-state index is 0.0923. The van der Waals surface area contributed by atoms with Gasteiger partial charge in [0.25, 0.3) is 5.91 Å². The van der Waals surface area contributed by atoms with E-state index in [1.165, 1.54) is 41.5 Å². The summed E-state index contributed by atoms with van der Waals surface area (Å²) in [5.74, 6) is -0.330. The van der Waals surface area contributed by atoms with Gasteiger partial charge in [-0.1, -0.05) is 11.6 Å². The van der Waals surface area contributed by atoms with E-state index in [2.05, 4.69) is 20.2 Å². The lowest BCUT2D eigenvalue weighted by Crippen LogP contribution is -2.55.